The van der Waals surface area contributed by atoms with Crippen LogP contribution < -0.4 is 4.74 Å². The number of methoxy groups -OCH3 is 1. The summed E-state index contributed by atoms with van der Waals surface area (Å²) >= 11 is 0. The quantitative estimate of drug-likeness (QED) is 0.827. The lowest BCUT2D eigenvalue weighted by molar-refractivity contribution is -0.00734. The Hall–Kier alpha value is -1.13. The number of aliphatic hydroxyl groups excluding tert-OH is 2. The molecule has 1 aromatic rings. The summed E-state index contributed by atoms with van der Waals surface area (Å²) in [7, 11) is 1.40. The number of halogens is 1. The molecule has 0 aliphatic rings. The van der Waals surface area contributed by atoms with Crippen molar-refractivity contribution in [3.63, 3.8) is 0 Å². The summed E-state index contributed by atoms with van der Waals surface area (Å²) in [6.07, 6.45) is -1.47. The Kier molecular flexibility index (Phi) is 4.90. The molecule has 0 amide bonds. The zero-order valence-corrected chi connectivity index (χ0v) is 10.4. The number of benzene rings is 1. The number of rotatable bonds is 5. The van der Waals surface area contributed by atoms with Crippen molar-refractivity contribution in [2.24, 2.45) is 5.92 Å². The fourth-order valence-electron chi connectivity index (χ4n) is 1.64. The number of ether oxygens (including phenoxy) is 1. The molecule has 0 aliphatic heterocycles. The van der Waals surface area contributed by atoms with Gasteiger partial charge < -0.3 is 14.9 Å². The van der Waals surface area contributed by atoms with Gasteiger partial charge in [-0.25, -0.2) is 4.39 Å². The Bertz CT molecular complexity index is 366. The Morgan fingerprint density at radius 1 is 1.29 bits per heavy atom. The smallest absolute Gasteiger partial charge is 0.165 e. The van der Waals surface area contributed by atoms with E-state index in [4.69, 9.17) is 4.74 Å². The third kappa shape index (κ3) is 3.68. The molecular formula is C13H19FO3. The molecule has 0 bridgehead atoms. The van der Waals surface area contributed by atoms with Gasteiger partial charge in [-0.2, -0.15) is 0 Å². The van der Waals surface area contributed by atoms with Crippen LogP contribution in [-0.2, 0) is 6.42 Å². The van der Waals surface area contributed by atoms with Gasteiger partial charge in [0.15, 0.2) is 11.6 Å². The minimum absolute atomic E-state index is 0.0342. The van der Waals surface area contributed by atoms with Crippen molar-refractivity contribution < 1.29 is 19.3 Å². The summed E-state index contributed by atoms with van der Waals surface area (Å²) in [5, 5.41) is 19.4. The van der Waals surface area contributed by atoms with Crippen LogP contribution in [0.4, 0.5) is 4.39 Å². The van der Waals surface area contributed by atoms with Crippen LogP contribution in [0.2, 0.25) is 0 Å². The van der Waals surface area contributed by atoms with Gasteiger partial charge in [0.1, 0.15) is 0 Å². The summed E-state index contributed by atoms with van der Waals surface area (Å²) in [6.45, 7) is 3.64. The summed E-state index contributed by atoms with van der Waals surface area (Å²) in [4.78, 5) is 0. The van der Waals surface area contributed by atoms with Gasteiger partial charge in [0.2, 0.25) is 0 Å². The van der Waals surface area contributed by atoms with Crippen molar-refractivity contribution in [2.75, 3.05) is 7.11 Å². The second-order valence-corrected chi connectivity index (χ2v) is 4.47. The van der Waals surface area contributed by atoms with Gasteiger partial charge in [-0.1, -0.05) is 19.9 Å². The molecule has 0 radical (unpaired) electrons. The molecule has 0 saturated carbocycles. The van der Waals surface area contributed by atoms with Gasteiger partial charge in [-0.15, -0.1) is 0 Å². The normalized spacial score (nSPS) is 14.8. The topological polar surface area (TPSA) is 49.7 Å². The SMILES string of the molecule is COc1ccc(CC(O)C(O)C(C)C)cc1F. The molecule has 2 atom stereocenters. The minimum Gasteiger partial charge on any atom is -0.494 e. The molecule has 96 valence electrons. The van der Waals surface area contributed by atoms with E-state index < -0.39 is 18.0 Å². The Balaban J connectivity index is 2.72. The third-order valence-electron chi connectivity index (χ3n) is 2.74. The fraction of sp³-hybridized carbons (Fsp3) is 0.538. The maximum atomic E-state index is 13.4. The van der Waals surface area contributed by atoms with Crippen LogP contribution in [0.3, 0.4) is 0 Å². The summed E-state index contributed by atoms with van der Waals surface area (Å²) < 4.78 is 18.2. The molecule has 0 spiro atoms. The predicted molar refractivity (Wildman–Crippen MR) is 63.5 cm³/mol. The highest BCUT2D eigenvalue weighted by molar-refractivity contribution is 5.29. The molecule has 1 aromatic carbocycles. The van der Waals surface area contributed by atoms with Crippen LogP contribution >= 0.6 is 0 Å². The molecule has 4 heteroatoms. The van der Waals surface area contributed by atoms with E-state index in [2.05, 4.69) is 0 Å². The van der Waals surface area contributed by atoms with E-state index >= 15 is 0 Å². The van der Waals surface area contributed by atoms with Gasteiger partial charge in [0.25, 0.3) is 0 Å². The predicted octanol–water partition coefficient (Wildman–Crippen LogP) is 1.75. The van der Waals surface area contributed by atoms with Gasteiger partial charge in [-0.3, -0.25) is 0 Å². The highest BCUT2D eigenvalue weighted by Gasteiger charge is 2.20. The zero-order chi connectivity index (χ0) is 13.0. The largest absolute Gasteiger partial charge is 0.494 e. The number of hydrogen-bond donors (Lipinski definition) is 2. The van der Waals surface area contributed by atoms with Gasteiger partial charge in [0, 0.05) is 6.42 Å². The first-order chi connectivity index (χ1) is 7.95. The van der Waals surface area contributed by atoms with E-state index in [-0.39, 0.29) is 18.1 Å². The molecule has 0 saturated heterocycles. The van der Waals surface area contributed by atoms with Crippen molar-refractivity contribution in [3.8, 4) is 5.75 Å². The molecule has 0 aromatic heterocycles. The Morgan fingerprint density at radius 3 is 2.41 bits per heavy atom. The van der Waals surface area contributed by atoms with E-state index in [9.17, 15) is 14.6 Å². The van der Waals surface area contributed by atoms with Crippen LogP contribution in [0.1, 0.15) is 19.4 Å². The van der Waals surface area contributed by atoms with E-state index in [0.29, 0.717) is 5.56 Å². The Morgan fingerprint density at radius 2 is 1.94 bits per heavy atom. The van der Waals surface area contributed by atoms with E-state index in [1.807, 2.05) is 13.8 Å². The van der Waals surface area contributed by atoms with Crippen molar-refractivity contribution in [1.82, 2.24) is 0 Å². The molecule has 2 N–H and O–H groups in total. The second kappa shape index (κ2) is 5.98. The molecule has 3 nitrogen and oxygen atoms in total. The van der Waals surface area contributed by atoms with Crippen LogP contribution in [0.5, 0.6) is 5.75 Å². The average Bonchev–Trinajstić information content (AvgIpc) is 2.28. The molecule has 0 fully saturated rings. The first-order valence-electron chi connectivity index (χ1n) is 5.64. The van der Waals surface area contributed by atoms with Crippen LogP contribution in [0, 0.1) is 11.7 Å². The summed E-state index contributed by atoms with van der Waals surface area (Å²) in [6, 6.07) is 4.51. The number of aliphatic hydroxyl groups is 2. The van der Waals surface area contributed by atoms with Gasteiger partial charge in [-0.05, 0) is 23.6 Å². The molecule has 1 rings (SSSR count). The van der Waals surface area contributed by atoms with E-state index in [0.717, 1.165) is 0 Å². The zero-order valence-electron chi connectivity index (χ0n) is 10.4. The highest BCUT2D eigenvalue weighted by Crippen LogP contribution is 2.19. The third-order valence-corrected chi connectivity index (χ3v) is 2.74. The lowest BCUT2D eigenvalue weighted by Gasteiger charge is -2.21. The molecule has 0 heterocycles. The van der Waals surface area contributed by atoms with Crippen LogP contribution in [0.25, 0.3) is 0 Å². The average molecular weight is 242 g/mol. The highest BCUT2D eigenvalue weighted by atomic mass is 19.1. The van der Waals surface area contributed by atoms with Crippen LogP contribution in [0.15, 0.2) is 18.2 Å². The minimum atomic E-state index is -0.886. The Labute approximate surface area is 101 Å². The molecule has 0 aliphatic carbocycles. The summed E-state index contributed by atoms with van der Waals surface area (Å²) in [5.74, 6) is -0.322. The van der Waals surface area contributed by atoms with E-state index in [1.165, 1.54) is 19.2 Å². The van der Waals surface area contributed by atoms with E-state index in [1.54, 1.807) is 6.07 Å². The lowest BCUT2D eigenvalue weighted by Crippen LogP contribution is -2.32. The fourth-order valence-corrected chi connectivity index (χ4v) is 1.64. The standard InChI is InChI=1S/C13H19FO3/c1-8(2)13(16)11(15)7-9-4-5-12(17-3)10(14)6-9/h4-6,8,11,13,15-16H,7H2,1-3H3. The second-order valence-electron chi connectivity index (χ2n) is 4.47. The molecular weight excluding hydrogens is 223 g/mol. The lowest BCUT2D eigenvalue weighted by atomic mass is 9.96. The van der Waals surface area contributed by atoms with Crippen LogP contribution in [-0.4, -0.2) is 29.5 Å². The van der Waals surface area contributed by atoms with Crippen molar-refractivity contribution in [1.29, 1.82) is 0 Å². The molecule has 2 unspecified atom stereocenters. The van der Waals surface area contributed by atoms with Gasteiger partial charge >= 0.3 is 0 Å². The molecule has 17 heavy (non-hydrogen) atoms. The maximum Gasteiger partial charge on any atom is 0.165 e. The first kappa shape index (κ1) is 13.9. The number of hydrogen-bond acceptors (Lipinski definition) is 3. The van der Waals surface area contributed by atoms with Crippen molar-refractivity contribution in [2.45, 2.75) is 32.5 Å². The van der Waals surface area contributed by atoms with Crippen molar-refractivity contribution >= 4 is 0 Å². The first-order valence-corrected chi connectivity index (χ1v) is 5.64. The van der Waals surface area contributed by atoms with Gasteiger partial charge in [0.05, 0.1) is 19.3 Å². The maximum absolute atomic E-state index is 13.4. The monoisotopic (exact) mass is 242 g/mol. The summed E-state index contributed by atoms with van der Waals surface area (Å²) in [5.41, 5.74) is 0.635. The van der Waals surface area contributed by atoms with Crippen molar-refractivity contribution in [3.05, 3.63) is 29.6 Å².